The van der Waals surface area contributed by atoms with Crippen LogP contribution in [0.5, 0.6) is 0 Å². The Balaban J connectivity index is 1.95. The topological polar surface area (TPSA) is 21.6 Å². The highest BCUT2D eigenvalue weighted by Crippen LogP contribution is 2.21. The lowest BCUT2D eigenvalue weighted by molar-refractivity contribution is 0.132. The third-order valence-corrected chi connectivity index (χ3v) is 2.82. The van der Waals surface area contributed by atoms with Gasteiger partial charge in [-0.25, -0.2) is 8.78 Å². The molecule has 0 amide bonds. The molecule has 0 saturated carbocycles. The molecular weight excluding hydrogens is 284 g/mol. The van der Waals surface area contributed by atoms with Crippen LogP contribution in [0.4, 0.5) is 8.78 Å². The van der Waals surface area contributed by atoms with Crippen molar-refractivity contribution in [2.45, 2.75) is 13.0 Å². The lowest BCUT2D eigenvalue weighted by atomic mass is 10.1. The predicted octanol–water partition coefficient (Wildman–Crippen LogP) is 4.71. The van der Waals surface area contributed by atoms with Crippen molar-refractivity contribution in [1.82, 2.24) is 0 Å². The summed E-state index contributed by atoms with van der Waals surface area (Å²) < 4.78 is 25.4. The summed E-state index contributed by atoms with van der Waals surface area (Å²) in [5.41, 5.74) is 0.979. The molecule has 0 bridgehead atoms. The Labute approximate surface area is 120 Å². The molecule has 0 fully saturated rings. The number of hydrogen-bond donors (Lipinski definition) is 0. The smallest absolute Gasteiger partial charge is 0.264 e. The van der Waals surface area contributed by atoms with Crippen LogP contribution in [0.3, 0.4) is 0 Å². The highest BCUT2D eigenvalue weighted by Gasteiger charge is 2.10. The van der Waals surface area contributed by atoms with Gasteiger partial charge in [0.2, 0.25) is 0 Å². The number of alkyl halides is 2. The van der Waals surface area contributed by atoms with Gasteiger partial charge in [0.05, 0.1) is 0 Å². The molecule has 5 heteroatoms. The summed E-state index contributed by atoms with van der Waals surface area (Å²) in [5.74, 6) is 0. The maximum atomic E-state index is 12.7. The van der Waals surface area contributed by atoms with Gasteiger partial charge in [-0.05, 0) is 17.7 Å². The van der Waals surface area contributed by atoms with Gasteiger partial charge >= 0.3 is 0 Å². The zero-order chi connectivity index (χ0) is 14.4. The van der Waals surface area contributed by atoms with E-state index in [9.17, 15) is 8.78 Å². The molecule has 103 valence electrons. The second kappa shape index (κ2) is 7.01. The molecular formula is C15H11ClF2NO. The fourth-order valence-corrected chi connectivity index (χ4v) is 1.68. The number of benzene rings is 2. The molecule has 0 heterocycles. The van der Waals surface area contributed by atoms with E-state index >= 15 is 0 Å². The third kappa shape index (κ3) is 4.03. The number of hydrogen-bond acceptors (Lipinski definition) is 2. The highest BCUT2D eigenvalue weighted by molar-refractivity contribution is 6.30. The van der Waals surface area contributed by atoms with E-state index in [1.54, 1.807) is 36.4 Å². The van der Waals surface area contributed by atoms with E-state index in [1.807, 2.05) is 0 Å². The second-order valence-corrected chi connectivity index (χ2v) is 4.43. The quantitative estimate of drug-likeness (QED) is 0.578. The van der Waals surface area contributed by atoms with Crippen molar-refractivity contribution < 1.29 is 13.6 Å². The normalized spacial score (nSPS) is 11.2. The monoisotopic (exact) mass is 294 g/mol. The van der Waals surface area contributed by atoms with Crippen LogP contribution in [0.1, 0.15) is 23.1 Å². The Kier molecular flexibility index (Phi) is 5.07. The minimum Gasteiger partial charge on any atom is -0.390 e. The molecule has 2 rings (SSSR count). The first-order valence-corrected chi connectivity index (χ1v) is 6.24. The van der Waals surface area contributed by atoms with E-state index in [0.29, 0.717) is 5.02 Å². The lowest BCUT2D eigenvalue weighted by Gasteiger charge is -2.03. The predicted molar refractivity (Wildman–Crippen MR) is 74.2 cm³/mol. The Morgan fingerprint density at radius 1 is 1.10 bits per heavy atom. The van der Waals surface area contributed by atoms with Crippen LogP contribution in [-0.4, -0.2) is 6.21 Å². The molecule has 0 aromatic heterocycles. The Hall–Kier alpha value is -1.94. The highest BCUT2D eigenvalue weighted by atomic mass is 35.5. The van der Waals surface area contributed by atoms with Gasteiger partial charge in [-0.3, -0.25) is 0 Å². The SMILES string of the molecule is FC(F)c1ccccc1/[C]=N\OCc1ccc(Cl)cc1. The zero-order valence-corrected chi connectivity index (χ0v) is 11.1. The summed E-state index contributed by atoms with van der Waals surface area (Å²) in [4.78, 5) is 5.02. The number of nitrogens with zero attached hydrogens (tertiary/aromatic N) is 1. The Morgan fingerprint density at radius 3 is 2.50 bits per heavy atom. The van der Waals surface area contributed by atoms with Gasteiger partial charge in [-0.1, -0.05) is 53.2 Å². The fraction of sp³-hybridized carbons (Fsp3) is 0.133. The molecule has 2 aromatic carbocycles. The maximum Gasteiger partial charge on any atom is 0.264 e. The average Bonchev–Trinajstić information content (AvgIpc) is 2.46. The van der Waals surface area contributed by atoms with Gasteiger partial charge < -0.3 is 4.84 Å². The largest absolute Gasteiger partial charge is 0.390 e. The summed E-state index contributed by atoms with van der Waals surface area (Å²) in [6.45, 7) is 0.223. The van der Waals surface area contributed by atoms with Crippen molar-refractivity contribution in [1.29, 1.82) is 0 Å². The van der Waals surface area contributed by atoms with Crippen LogP contribution in [0, 0.1) is 0 Å². The third-order valence-electron chi connectivity index (χ3n) is 2.57. The van der Waals surface area contributed by atoms with E-state index < -0.39 is 6.43 Å². The summed E-state index contributed by atoms with van der Waals surface area (Å²) in [5, 5.41) is 4.22. The van der Waals surface area contributed by atoms with Crippen molar-refractivity contribution in [2.24, 2.45) is 5.16 Å². The van der Waals surface area contributed by atoms with Crippen LogP contribution >= 0.6 is 11.6 Å². The van der Waals surface area contributed by atoms with Crippen LogP contribution in [0.15, 0.2) is 53.7 Å². The van der Waals surface area contributed by atoms with Crippen LogP contribution in [0.2, 0.25) is 5.02 Å². The lowest BCUT2D eigenvalue weighted by Crippen LogP contribution is -1.94. The molecule has 20 heavy (non-hydrogen) atoms. The van der Waals surface area contributed by atoms with Crippen LogP contribution < -0.4 is 0 Å². The summed E-state index contributed by atoms with van der Waals surface area (Å²) in [6, 6.07) is 13.1. The van der Waals surface area contributed by atoms with Gasteiger partial charge in [0, 0.05) is 16.1 Å². The van der Waals surface area contributed by atoms with Crippen molar-refractivity contribution in [2.75, 3.05) is 0 Å². The molecule has 0 unspecified atom stereocenters. The minimum absolute atomic E-state index is 0.119. The molecule has 0 aliphatic heterocycles. The molecule has 1 radical (unpaired) electrons. The van der Waals surface area contributed by atoms with Gasteiger partial charge in [0.1, 0.15) is 12.8 Å². The van der Waals surface area contributed by atoms with Gasteiger partial charge in [0.15, 0.2) is 0 Å². The first-order chi connectivity index (χ1) is 9.66. The summed E-state index contributed by atoms with van der Waals surface area (Å²) in [7, 11) is 0. The fourth-order valence-electron chi connectivity index (χ4n) is 1.56. The standard InChI is InChI=1S/C15H11ClF2NO/c16-13-7-5-11(6-8-13)10-20-19-9-12-3-1-2-4-14(12)15(17)18/h1-8,15H,10H2. The van der Waals surface area contributed by atoms with Crippen LogP contribution in [-0.2, 0) is 11.4 Å². The summed E-state index contributed by atoms with van der Waals surface area (Å²) in [6.07, 6.45) is -0.0917. The van der Waals surface area contributed by atoms with Gasteiger partial charge in [-0.15, -0.1) is 0 Å². The minimum atomic E-state index is -2.56. The van der Waals surface area contributed by atoms with Crippen LogP contribution in [0.25, 0.3) is 0 Å². The second-order valence-electron chi connectivity index (χ2n) is 3.99. The van der Waals surface area contributed by atoms with E-state index in [2.05, 4.69) is 11.4 Å². The van der Waals surface area contributed by atoms with Crippen molar-refractivity contribution in [3.05, 3.63) is 70.2 Å². The summed E-state index contributed by atoms with van der Waals surface area (Å²) >= 11 is 5.75. The molecule has 0 atom stereocenters. The molecule has 2 aromatic rings. The number of rotatable bonds is 5. The van der Waals surface area contributed by atoms with Crippen molar-refractivity contribution >= 4 is 17.8 Å². The molecule has 0 aliphatic carbocycles. The molecule has 0 spiro atoms. The molecule has 2 nitrogen and oxygen atoms in total. The number of halogens is 3. The van der Waals surface area contributed by atoms with E-state index in [4.69, 9.17) is 16.4 Å². The molecule has 0 aliphatic rings. The average molecular weight is 295 g/mol. The van der Waals surface area contributed by atoms with E-state index in [-0.39, 0.29) is 17.7 Å². The first kappa shape index (κ1) is 14.5. The molecule has 0 saturated heterocycles. The van der Waals surface area contributed by atoms with E-state index in [0.717, 1.165) is 5.56 Å². The maximum absolute atomic E-state index is 12.7. The first-order valence-electron chi connectivity index (χ1n) is 5.86. The van der Waals surface area contributed by atoms with Crippen molar-refractivity contribution in [3.63, 3.8) is 0 Å². The molecule has 0 N–H and O–H groups in total. The zero-order valence-electron chi connectivity index (χ0n) is 10.4. The van der Waals surface area contributed by atoms with Crippen molar-refractivity contribution in [3.8, 4) is 0 Å². The van der Waals surface area contributed by atoms with E-state index in [1.165, 1.54) is 12.1 Å². The Bertz CT molecular complexity index is 585. The van der Waals surface area contributed by atoms with Gasteiger partial charge in [-0.2, -0.15) is 0 Å². The Morgan fingerprint density at radius 2 is 1.80 bits per heavy atom. The van der Waals surface area contributed by atoms with Gasteiger partial charge in [0.25, 0.3) is 6.43 Å².